The molecule has 2 aromatic rings. The summed E-state index contributed by atoms with van der Waals surface area (Å²) in [7, 11) is 0. The van der Waals surface area contributed by atoms with E-state index in [0.29, 0.717) is 5.56 Å². The summed E-state index contributed by atoms with van der Waals surface area (Å²) in [5.74, 6) is -1.40. The Morgan fingerprint density at radius 3 is 2.48 bits per heavy atom. The molecule has 0 bridgehead atoms. The molecule has 3 N–H and O–H groups in total. The molecule has 23 heavy (non-hydrogen) atoms. The molecule has 0 aromatic heterocycles. The largest absolute Gasteiger partial charge is 0.508 e. The van der Waals surface area contributed by atoms with Crippen LogP contribution in [0.2, 0.25) is 0 Å². The van der Waals surface area contributed by atoms with Crippen LogP contribution in [-0.2, 0) is 4.79 Å². The van der Waals surface area contributed by atoms with Gasteiger partial charge in [-0.15, -0.1) is 11.8 Å². The normalized spacial score (nSPS) is 11.7. The monoisotopic (exact) mass is 331 g/mol. The molecule has 2 aromatic carbocycles. The molecule has 0 saturated carbocycles. The third-order valence-corrected chi connectivity index (χ3v) is 4.42. The van der Waals surface area contributed by atoms with Crippen LogP contribution >= 0.6 is 11.8 Å². The molecule has 0 saturated heterocycles. The predicted molar refractivity (Wildman–Crippen MR) is 88.9 cm³/mol. The van der Waals surface area contributed by atoms with Gasteiger partial charge in [0.1, 0.15) is 11.8 Å². The van der Waals surface area contributed by atoms with Crippen molar-refractivity contribution in [3.8, 4) is 5.75 Å². The molecule has 0 aliphatic heterocycles. The first-order chi connectivity index (χ1) is 11.0. The van der Waals surface area contributed by atoms with E-state index in [4.69, 9.17) is 0 Å². The number of amides is 1. The molecular formula is C17H17NO4S. The van der Waals surface area contributed by atoms with E-state index in [1.54, 1.807) is 19.1 Å². The fourth-order valence-electron chi connectivity index (χ4n) is 1.98. The topological polar surface area (TPSA) is 86.6 Å². The third kappa shape index (κ3) is 4.50. The van der Waals surface area contributed by atoms with Gasteiger partial charge in [-0.2, -0.15) is 0 Å². The summed E-state index contributed by atoms with van der Waals surface area (Å²) >= 11 is 1.36. The molecule has 0 fully saturated rings. The van der Waals surface area contributed by atoms with Crippen LogP contribution in [0.1, 0.15) is 15.9 Å². The summed E-state index contributed by atoms with van der Waals surface area (Å²) in [5.41, 5.74) is 0.686. The Bertz CT molecular complexity index is 703. The van der Waals surface area contributed by atoms with Crippen molar-refractivity contribution in [1.29, 1.82) is 0 Å². The highest BCUT2D eigenvalue weighted by Crippen LogP contribution is 2.21. The van der Waals surface area contributed by atoms with Gasteiger partial charge < -0.3 is 15.5 Å². The van der Waals surface area contributed by atoms with E-state index in [0.717, 1.165) is 4.90 Å². The molecule has 1 unspecified atom stereocenters. The molecule has 0 aliphatic rings. The number of aromatic hydroxyl groups is 1. The minimum atomic E-state index is -1.10. The first-order valence-electron chi connectivity index (χ1n) is 6.99. The maximum Gasteiger partial charge on any atom is 0.327 e. The van der Waals surface area contributed by atoms with Gasteiger partial charge in [0.05, 0.1) is 0 Å². The molecule has 0 aliphatic carbocycles. The van der Waals surface area contributed by atoms with E-state index in [1.165, 1.54) is 17.8 Å². The van der Waals surface area contributed by atoms with E-state index in [9.17, 15) is 19.8 Å². The minimum Gasteiger partial charge on any atom is -0.508 e. The number of phenols is 1. The summed E-state index contributed by atoms with van der Waals surface area (Å²) in [6.45, 7) is 1.61. The van der Waals surface area contributed by atoms with E-state index in [-0.39, 0.29) is 17.1 Å². The molecule has 0 heterocycles. The van der Waals surface area contributed by atoms with Crippen molar-refractivity contribution in [2.75, 3.05) is 5.75 Å². The van der Waals surface area contributed by atoms with Crippen molar-refractivity contribution in [3.05, 3.63) is 59.7 Å². The van der Waals surface area contributed by atoms with E-state index >= 15 is 0 Å². The highest BCUT2D eigenvalue weighted by atomic mass is 32.2. The van der Waals surface area contributed by atoms with Crippen molar-refractivity contribution < 1.29 is 19.8 Å². The van der Waals surface area contributed by atoms with Crippen molar-refractivity contribution in [2.24, 2.45) is 0 Å². The standard InChI is InChI=1S/C17H17NO4S/c1-11-13(8-5-9-15(11)19)16(20)18-14(17(21)22)10-23-12-6-3-2-4-7-12/h2-9,14,19H,10H2,1H3,(H,18,20)(H,21,22). The fourth-order valence-corrected chi connectivity index (χ4v) is 2.91. The van der Waals surface area contributed by atoms with Gasteiger partial charge >= 0.3 is 5.97 Å². The number of carboxylic acid groups (broad SMARTS) is 1. The van der Waals surface area contributed by atoms with Gasteiger partial charge in [-0.1, -0.05) is 24.3 Å². The third-order valence-electron chi connectivity index (χ3n) is 3.31. The van der Waals surface area contributed by atoms with E-state index in [2.05, 4.69) is 5.32 Å². The van der Waals surface area contributed by atoms with Gasteiger partial charge in [-0.25, -0.2) is 4.79 Å². The number of benzene rings is 2. The lowest BCUT2D eigenvalue weighted by atomic mass is 10.1. The Kier molecular flexibility index (Phi) is 5.65. The quantitative estimate of drug-likeness (QED) is 0.709. The van der Waals surface area contributed by atoms with E-state index in [1.807, 2.05) is 30.3 Å². The number of thioether (sulfide) groups is 1. The molecule has 0 spiro atoms. The summed E-state index contributed by atoms with van der Waals surface area (Å²) < 4.78 is 0. The zero-order valence-corrected chi connectivity index (χ0v) is 13.3. The minimum absolute atomic E-state index is 0.00295. The lowest BCUT2D eigenvalue weighted by Gasteiger charge is -2.15. The molecule has 1 amide bonds. The summed E-state index contributed by atoms with van der Waals surface area (Å²) in [6, 6.07) is 12.9. The van der Waals surface area contributed by atoms with Gasteiger partial charge in [0, 0.05) is 21.8 Å². The molecule has 2 rings (SSSR count). The number of carboxylic acids is 1. The molecule has 5 nitrogen and oxygen atoms in total. The van der Waals surface area contributed by atoms with Gasteiger partial charge in [-0.3, -0.25) is 4.79 Å². The average molecular weight is 331 g/mol. The number of carbonyl (C=O) groups is 2. The van der Waals surface area contributed by atoms with Crippen LogP contribution in [-0.4, -0.2) is 33.9 Å². The van der Waals surface area contributed by atoms with E-state index < -0.39 is 17.9 Å². The first-order valence-corrected chi connectivity index (χ1v) is 7.97. The van der Waals surface area contributed by atoms with Gasteiger partial charge in [0.2, 0.25) is 0 Å². The maximum absolute atomic E-state index is 12.2. The van der Waals surface area contributed by atoms with Gasteiger partial charge in [0.25, 0.3) is 5.91 Å². The highest BCUT2D eigenvalue weighted by Gasteiger charge is 2.22. The van der Waals surface area contributed by atoms with Crippen LogP contribution in [0, 0.1) is 6.92 Å². The van der Waals surface area contributed by atoms with Crippen LogP contribution in [0.25, 0.3) is 0 Å². The second kappa shape index (κ2) is 7.69. The van der Waals surface area contributed by atoms with Crippen LogP contribution in [0.5, 0.6) is 5.75 Å². The highest BCUT2D eigenvalue weighted by molar-refractivity contribution is 7.99. The fraction of sp³-hybridized carbons (Fsp3) is 0.176. The van der Waals surface area contributed by atoms with Crippen molar-refractivity contribution in [1.82, 2.24) is 5.32 Å². The maximum atomic E-state index is 12.2. The second-order valence-electron chi connectivity index (χ2n) is 4.94. The smallest absolute Gasteiger partial charge is 0.327 e. The van der Waals surface area contributed by atoms with Crippen molar-refractivity contribution in [3.63, 3.8) is 0 Å². The number of hydrogen-bond donors (Lipinski definition) is 3. The SMILES string of the molecule is Cc1c(O)cccc1C(=O)NC(CSc1ccccc1)C(=O)O. The van der Waals surface area contributed by atoms with Crippen LogP contribution < -0.4 is 5.32 Å². The van der Waals surface area contributed by atoms with Crippen molar-refractivity contribution >= 4 is 23.6 Å². The zero-order valence-electron chi connectivity index (χ0n) is 12.5. The summed E-state index contributed by atoms with van der Waals surface area (Å²) in [4.78, 5) is 24.5. The number of nitrogens with one attached hydrogen (secondary N) is 1. The Morgan fingerprint density at radius 2 is 1.83 bits per heavy atom. The summed E-state index contributed by atoms with van der Waals surface area (Å²) in [5, 5.41) is 21.4. The summed E-state index contributed by atoms with van der Waals surface area (Å²) in [6.07, 6.45) is 0. The van der Waals surface area contributed by atoms with Crippen LogP contribution in [0.15, 0.2) is 53.4 Å². The Morgan fingerprint density at radius 1 is 1.13 bits per heavy atom. The number of carbonyl (C=O) groups excluding carboxylic acids is 1. The Labute approximate surface area is 138 Å². The molecule has 120 valence electrons. The number of phenolic OH excluding ortho intramolecular Hbond substituents is 1. The lowest BCUT2D eigenvalue weighted by Crippen LogP contribution is -2.42. The van der Waals surface area contributed by atoms with Gasteiger partial charge in [-0.05, 0) is 31.2 Å². The van der Waals surface area contributed by atoms with Crippen LogP contribution in [0.4, 0.5) is 0 Å². The first kappa shape index (κ1) is 16.9. The van der Waals surface area contributed by atoms with Gasteiger partial charge in [0.15, 0.2) is 0 Å². The second-order valence-corrected chi connectivity index (χ2v) is 6.03. The lowest BCUT2D eigenvalue weighted by molar-refractivity contribution is -0.138. The zero-order chi connectivity index (χ0) is 16.8. The van der Waals surface area contributed by atoms with Crippen LogP contribution in [0.3, 0.4) is 0 Å². The molecular weight excluding hydrogens is 314 g/mol. The Hall–Kier alpha value is -2.47. The molecule has 6 heteroatoms. The molecule has 1 atom stereocenters. The average Bonchev–Trinajstić information content (AvgIpc) is 2.54. The van der Waals surface area contributed by atoms with Crippen molar-refractivity contribution in [2.45, 2.75) is 17.9 Å². The predicted octanol–water partition coefficient (Wildman–Crippen LogP) is 2.68. The number of rotatable bonds is 6. The molecule has 0 radical (unpaired) electrons. The number of aliphatic carboxylic acids is 1. The Balaban J connectivity index is 2.05. The number of hydrogen-bond acceptors (Lipinski definition) is 4.